The number of ketones is 2. The normalized spacial score (nSPS) is 10.2. The van der Waals surface area contributed by atoms with Crippen molar-refractivity contribution in [1.82, 2.24) is 0 Å². The highest BCUT2D eigenvalue weighted by Gasteiger charge is 2.13. The molecular weight excluding hydrogens is 240 g/mol. The fourth-order valence-corrected chi connectivity index (χ4v) is 1.77. The van der Waals surface area contributed by atoms with Crippen molar-refractivity contribution < 1.29 is 14.7 Å². The molecule has 1 N–H and O–H groups in total. The first-order valence-electron chi connectivity index (χ1n) is 6.02. The molecule has 2 aromatic rings. The number of benzene rings is 2. The lowest BCUT2D eigenvalue weighted by Crippen LogP contribution is -2.08. The van der Waals surface area contributed by atoms with Gasteiger partial charge in [-0.1, -0.05) is 54.6 Å². The predicted molar refractivity (Wildman–Crippen MR) is 72.1 cm³/mol. The second-order valence-electron chi connectivity index (χ2n) is 4.24. The quantitative estimate of drug-likeness (QED) is 0.659. The molecule has 0 fully saturated rings. The van der Waals surface area contributed by atoms with Gasteiger partial charge in [0.15, 0.2) is 11.6 Å². The van der Waals surface area contributed by atoms with E-state index in [2.05, 4.69) is 0 Å². The average Bonchev–Trinajstić information content (AvgIpc) is 2.48. The summed E-state index contributed by atoms with van der Waals surface area (Å²) >= 11 is 0. The zero-order valence-corrected chi connectivity index (χ0v) is 10.4. The van der Waals surface area contributed by atoms with Crippen molar-refractivity contribution in [2.75, 3.05) is 0 Å². The molecule has 0 aliphatic rings. The first-order valence-corrected chi connectivity index (χ1v) is 6.02. The van der Waals surface area contributed by atoms with Crippen LogP contribution >= 0.6 is 0 Å². The van der Waals surface area contributed by atoms with Gasteiger partial charge in [0.25, 0.3) is 0 Å². The van der Waals surface area contributed by atoms with Crippen LogP contribution in [0.4, 0.5) is 0 Å². The van der Waals surface area contributed by atoms with E-state index >= 15 is 0 Å². The van der Waals surface area contributed by atoms with Gasteiger partial charge >= 0.3 is 0 Å². The van der Waals surface area contributed by atoms with Crippen molar-refractivity contribution in [2.24, 2.45) is 0 Å². The van der Waals surface area contributed by atoms with Crippen molar-refractivity contribution in [2.45, 2.75) is 13.0 Å². The molecule has 0 amide bonds. The molecule has 0 atom stereocenters. The molecule has 0 radical (unpaired) electrons. The molecule has 0 heterocycles. The lowest BCUT2D eigenvalue weighted by atomic mass is 10.0. The minimum absolute atomic E-state index is 0.0581. The smallest absolute Gasteiger partial charge is 0.170 e. The fraction of sp³-hybridized carbons (Fsp3) is 0.125. The number of aliphatic hydroxyl groups is 1. The van der Waals surface area contributed by atoms with Crippen LogP contribution in [0.25, 0.3) is 0 Å². The second-order valence-corrected chi connectivity index (χ2v) is 4.24. The summed E-state index contributed by atoms with van der Waals surface area (Å²) in [7, 11) is 0. The number of hydrogen-bond donors (Lipinski definition) is 1. The molecule has 2 aromatic carbocycles. The summed E-state index contributed by atoms with van der Waals surface area (Å²) in [6, 6.07) is 15.4. The summed E-state index contributed by atoms with van der Waals surface area (Å²) in [6.45, 7) is -0.0581. The molecule has 0 spiro atoms. The van der Waals surface area contributed by atoms with Crippen molar-refractivity contribution in [1.29, 1.82) is 0 Å². The van der Waals surface area contributed by atoms with E-state index in [1.807, 2.05) is 6.07 Å². The average molecular weight is 254 g/mol. The molecule has 0 unspecified atom stereocenters. The van der Waals surface area contributed by atoms with Gasteiger partial charge in [-0.3, -0.25) is 9.59 Å². The largest absolute Gasteiger partial charge is 0.392 e. The summed E-state index contributed by atoms with van der Waals surface area (Å²) in [6.07, 6.45) is -0.136. The number of Topliss-reactive ketones (excluding diaryl/α,β-unsaturated/α-hetero) is 2. The van der Waals surface area contributed by atoms with E-state index < -0.39 is 0 Å². The van der Waals surface area contributed by atoms with Gasteiger partial charge in [-0.15, -0.1) is 0 Å². The van der Waals surface area contributed by atoms with E-state index in [1.54, 1.807) is 48.5 Å². The van der Waals surface area contributed by atoms with Gasteiger partial charge in [0.2, 0.25) is 0 Å². The molecule has 0 aliphatic heterocycles. The van der Waals surface area contributed by atoms with Crippen molar-refractivity contribution in [3.63, 3.8) is 0 Å². The first-order chi connectivity index (χ1) is 9.20. The Bertz CT molecular complexity index is 571. The Hall–Kier alpha value is -2.26. The van der Waals surface area contributed by atoms with Crippen LogP contribution in [0.3, 0.4) is 0 Å². The van der Waals surface area contributed by atoms with E-state index in [1.165, 1.54) is 0 Å². The van der Waals surface area contributed by atoms with Crippen LogP contribution in [0.5, 0.6) is 0 Å². The molecular formula is C16H14O3. The molecule has 3 heteroatoms. The van der Waals surface area contributed by atoms with Gasteiger partial charge in [-0.2, -0.15) is 0 Å². The second kappa shape index (κ2) is 6.07. The third-order valence-corrected chi connectivity index (χ3v) is 2.88. The Morgan fingerprint density at radius 2 is 1.32 bits per heavy atom. The van der Waals surface area contributed by atoms with Gasteiger partial charge in [0.1, 0.15) is 0 Å². The molecule has 96 valence electrons. The van der Waals surface area contributed by atoms with Crippen LogP contribution < -0.4 is 0 Å². The molecule has 0 saturated heterocycles. The van der Waals surface area contributed by atoms with Gasteiger partial charge in [0.05, 0.1) is 13.0 Å². The minimum atomic E-state index is -0.210. The summed E-state index contributed by atoms with van der Waals surface area (Å²) in [5.41, 5.74) is 1.77. The monoisotopic (exact) mass is 254 g/mol. The van der Waals surface area contributed by atoms with Crippen LogP contribution in [-0.4, -0.2) is 16.7 Å². The van der Waals surface area contributed by atoms with Crippen LogP contribution in [0.1, 0.15) is 32.7 Å². The van der Waals surface area contributed by atoms with Gasteiger partial charge in [-0.05, 0) is 5.56 Å². The van der Waals surface area contributed by atoms with Crippen LogP contribution in [0, 0.1) is 0 Å². The lowest BCUT2D eigenvalue weighted by Gasteiger charge is -2.02. The van der Waals surface area contributed by atoms with E-state index in [4.69, 9.17) is 5.11 Å². The Balaban J connectivity index is 2.06. The molecule has 0 aliphatic carbocycles. The number of carbonyl (C=O) groups is 2. The molecule has 0 aromatic heterocycles. The first kappa shape index (κ1) is 13.2. The van der Waals surface area contributed by atoms with E-state index in [9.17, 15) is 9.59 Å². The van der Waals surface area contributed by atoms with E-state index in [0.717, 1.165) is 5.56 Å². The highest BCUT2D eigenvalue weighted by atomic mass is 16.3. The van der Waals surface area contributed by atoms with Gasteiger partial charge in [0, 0.05) is 11.1 Å². The van der Waals surface area contributed by atoms with E-state index in [0.29, 0.717) is 11.1 Å². The number of carbonyl (C=O) groups excluding carboxylic acids is 2. The summed E-state index contributed by atoms with van der Waals surface area (Å²) in [5, 5.41) is 8.92. The van der Waals surface area contributed by atoms with Crippen LogP contribution in [0.15, 0.2) is 54.6 Å². The Morgan fingerprint density at radius 1 is 0.789 bits per heavy atom. The van der Waals surface area contributed by atoms with Gasteiger partial charge < -0.3 is 5.11 Å². The summed E-state index contributed by atoms with van der Waals surface area (Å²) in [5.74, 6) is -0.393. The highest BCUT2D eigenvalue weighted by Crippen LogP contribution is 2.10. The zero-order chi connectivity index (χ0) is 13.7. The van der Waals surface area contributed by atoms with Crippen LogP contribution in [-0.2, 0) is 6.61 Å². The zero-order valence-electron chi connectivity index (χ0n) is 10.4. The van der Waals surface area contributed by atoms with E-state index in [-0.39, 0.29) is 24.6 Å². The third-order valence-electron chi connectivity index (χ3n) is 2.88. The summed E-state index contributed by atoms with van der Waals surface area (Å²) < 4.78 is 0. The number of rotatable bonds is 5. The Labute approximate surface area is 111 Å². The topological polar surface area (TPSA) is 54.4 Å². The maximum absolute atomic E-state index is 11.9. The number of hydrogen-bond acceptors (Lipinski definition) is 3. The van der Waals surface area contributed by atoms with Crippen molar-refractivity contribution >= 4 is 11.6 Å². The molecule has 0 saturated carbocycles. The van der Waals surface area contributed by atoms with Crippen molar-refractivity contribution in [3.8, 4) is 0 Å². The van der Waals surface area contributed by atoms with Crippen LogP contribution in [0.2, 0.25) is 0 Å². The van der Waals surface area contributed by atoms with Gasteiger partial charge in [-0.25, -0.2) is 0 Å². The highest BCUT2D eigenvalue weighted by molar-refractivity contribution is 6.13. The molecule has 3 nitrogen and oxygen atoms in total. The lowest BCUT2D eigenvalue weighted by molar-refractivity contribution is 0.0894. The fourth-order valence-electron chi connectivity index (χ4n) is 1.77. The number of aliphatic hydroxyl groups excluding tert-OH is 1. The third kappa shape index (κ3) is 3.36. The Morgan fingerprint density at radius 3 is 1.84 bits per heavy atom. The summed E-state index contributed by atoms with van der Waals surface area (Å²) in [4.78, 5) is 23.8. The molecule has 2 rings (SSSR count). The maximum atomic E-state index is 11.9. The minimum Gasteiger partial charge on any atom is -0.392 e. The molecule has 0 bridgehead atoms. The SMILES string of the molecule is O=C(CC(=O)c1ccc(CO)cc1)c1ccccc1. The van der Waals surface area contributed by atoms with Crippen molar-refractivity contribution in [3.05, 3.63) is 71.3 Å². The molecule has 19 heavy (non-hydrogen) atoms. The Kier molecular flexibility index (Phi) is 4.21. The predicted octanol–water partition coefficient (Wildman–Crippen LogP) is 2.63. The maximum Gasteiger partial charge on any atom is 0.170 e. The standard InChI is InChI=1S/C16H14O3/c17-11-12-6-8-14(9-7-12)16(19)10-15(18)13-4-2-1-3-5-13/h1-9,17H,10-11H2.